The zero-order valence-corrected chi connectivity index (χ0v) is 18.1. The zero-order chi connectivity index (χ0) is 22.0. The molecule has 3 heterocycles. The van der Waals surface area contributed by atoms with E-state index in [9.17, 15) is 17.2 Å². The average Bonchev–Trinajstić information content (AvgIpc) is 2.73. The van der Waals surface area contributed by atoms with Gasteiger partial charge in [-0.3, -0.25) is 0 Å². The van der Waals surface area contributed by atoms with Crippen molar-refractivity contribution in [3.63, 3.8) is 0 Å². The monoisotopic (exact) mass is 453 g/mol. The van der Waals surface area contributed by atoms with Crippen LogP contribution in [-0.4, -0.2) is 75.2 Å². The van der Waals surface area contributed by atoms with Crippen molar-refractivity contribution < 1.29 is 21.9 Å². The van der Waals surface area contributed by atoms with Gasteiger partial charge in [-0.25, -0.2) is 22.2 Å². The van der Waals surface area contributed by atoms with E-state index in [0.29, 0.717) is 32.3 Å². The van der Waals surface area contributed by atoms with Crippen molar-refractivity contribution in [3.8, 4) is 0 Å². The Labute approximate surface area is 180 Å². The standard InChI is InChI=1S/C20H25F2N5O3S/c1-15-10-19(24-20(23-15)26-6-8-30-9-7-26)25-2-4-27(5-3-25)31(28,29)14-16-11-17(21)13-18(22)12-16/h10-13H,2-9,14H2,1H3. The number of aromatic nitrogens is 2. The molecular formula is C20H25F2N5O3S. The van der Waals surface area contributed by atoms with Gasteiger partial charge in [-0.1, -0.05) is 0 Å². The summed E-state index contributed by atoms with van der Waals surface area (Å²) in [4.78, 5) is 13.3. The second-order valence-corrected chi connectivity index (χ2v) is 9.66. The van der Waals surface area contributed by atoms with Gasteiger partial charge in [-0.05, 0) is 24.6 Å². The van der Waals surface area contributed by atoms with Crippen LogP contribution in [0.2, 0.25) is 0 Å². The first-order chi connectivity index (χ1) is 14.8. The third-order valence-electron chi connectivity index (χ3n) is 5.35. The fourth-order valence-corrected chi connectivity index (χ4v) is 5.29. The molecule has 0 N–H and O–H groups in total. The predicted molar refractivity (Wildman–Crippen MR) is 113 cm³/mol. The largest absolute Gasteiger partial charge is 0.378 e. The summed E-state index contributed by atoms with van der Waals surface area (Å²) in [5.41, 5.74) is 0.941. The minimum atomic E-state index is -3.69. The van der Waals surface area contributed by atoms with Gasteiger partial charge in [0.25, 0.3) is 0 Å². The highest BCUT2D eigenvalue weighted by atomic mass is 32.2. The molecule has 1 aromatic heterocycles. The van der Waals surface area contributed by atoms with E-state index in [1.165, 1.54) is 4.31 Å². The Bertz CT molecular complexity index is 1020. The molecule has 0 radical (unpaired) electrons. The molecule has 168 valence electrons. The number of sulfonamides is 1. The third-order valence-corrected chi connectivity index (χ3v) is 7.20. The minimum Gasteiger partial charge on any atom is -0.378 e. The predicted octanol–water partition coefficient (Wildman–Crippen LogP) is 1.55. The van der Waals surface area contributed by atoms with E-state index in [-0.39, 0.29) is 18.7 Å². The van der Waals surface area contributed by atoms with E-state index in [1.807, 2.05) is 17.9 Å². The van der Waals surface area contributed by atoms with Crippen molar-refractivity contribution in [1.29, 1.82) is 0 Å². The van der Waals surface area contributed by atoms with Gasteiger partial charge >= 0.3 is 0 Å². The van der Waals surface area contributed by atoms with E-state index in [4.69, 9.17) is 4.74 Å². The summed E-state index contributed by atoms with van der Waals surface area (Å²) >= 11 is 0. The van der Waals surface area contributed by atoms with Gasteiger partial charge in [0.05, 0.1) is 19.0 Å². The molecule has 2 saturated heterocycles. The van der Waals surface area contributed by atoms with Gasteiger partial charge in [-0.15, -0.1) is 0 Å². The fraction of sp³-hybridized carbons (Fsp3) is 0.500. The van der Waals surface area contributed by atoms with Crippen molar-refractivity contribution in [1.82, 2.24) is 14.3 Å². The first-order valence-electron chi connectivity index (χ1n) is 10.2. The second-order valence-electron chi connectivity index (χ2n) is 7.69. The highest BCUT2D eigenvalue weighted by Crippen LogP contribution is 2.22. The molecular weight excluding hydrogens is 428 g/mol. The third kappa shape index (κ3) is 5.28. The van der Waals surface area contributed by atoms with Gasteiger partial charge in [-0.2, -0.15) is 9.29 Å². The van der Waals surface area contributed by atoms with E-state index in [0.717, 1.165) is 42.8 Å². The smallest absolute Gasteiger partial charge is 0.227 e. The van der Waals surface area contributed by atoms with Crippen LogP contribution in [0.15, 0.2) is 24.3 Å². The van der Waals surface area contributed by atoms with Gasteiger partial charge in [0.1, 0.15) is 17.5 Å². The van der Waals surface area contributed by atoms with Gasteiger partial charge in [0.2, 0.25) is 16.0 Å². The van der Waals surface area contributed by atoms with Crippen LogP contribution in [0, 0.1) is 18.6 Å². The average molecular weight is 454 g/mol. The number of ether oxygens (including phenoxy) is 1. The lowest BCUT2D eigenvalue weighted by Crippen LogP contribution is -2.49. The lowest BCUT2D eigenvalue weighted by Gasteiger charge is -2.35. The summed E-state index contributed by atoms with van der Waals surface area (Å²) in [7, 11) is -3.69. The Balaban J connectivity index is 1.43. The number of aryl methyl sites for hydroxylation is 1. The first kappa shape index (κ1) is 21.8. The van der Waals surface area contributed by atoms with Crippen LogP contribution in [-0.2, 0) is 20.5 Å². The molecule has 2 aromatic rings. The molecule has 1 aromatic carbocycles. The molecule has 8 nitrogen and oxygen atoms in total. The molecule has 0 bridgehead atoms. The van der Waals surface area contributed by atoms with Crippen molar-refractivity contribution in [2.24, 2.45) is 0 Å². The summed E-state index contributed by atoms with van der Waals surface area (Å²) in [6.45, 7) is 6.13. The molecule has 0 saturated carbocycles. The number of hydrogen-bond acceptors (Lipinski definition) is 7. The van der Waals surface area contributed by atoms with Crippen LogP contribution in [0.25, 0.3) is 0 Å². The van der Waals surface area contributed by atoms with Gasteiger partial charge in [0.15, 0.2) is 0 Å². The Morgan fingerprint density at radius 1 is 0.903 bits per heavy atom. The molecule has 0 atom stereocenters. The number of anilines is 2. The number of nitrogens with zero attached hydrogens (tertiary/aromatic N) is 5. The molecule has 0 aliphatic carbocycles. The Kier molecular flexibility index (Phi) is 6.35. The summed E-state index contributed by atoms with van der Waals surface area (Å²) in [5.74, 6) is -0.592. The number of halogens is 2. The summed E-state index contributed by atoms with van der Waals surface area (Å²) in [5, 5.41) is 0. The highest BCUT2D eigenvalue weighted by Gasteiger charge is 2.28. The molecule has 2 fully saturated rings. The van der Waals surface area contributed by atoms with Crippen molar-refractivity contribution >= 4 is 21.8 Å². The number of piperazine rings is 1. The summed E-state index contributed by atoms with van der Waals surface area (Å²) < 4.78 is 59.1. The minimum absolute atomic E-state index is 0.0986. The lowest BCUT2D eigenvalue weighted by atomic mass is 10.2. The lowest BCUT2D eigenvalue weighted by molar-refractivity contribution is 0.122. The van der Waals surface area contributed by atoms with Gasteiger partial charge < -0.3 is 14.5 Å². The van der Waals surface area contributed by atoms with Crippen molar-refractivity contribution in [2.45, 2.75) is 12.7 Å². The van der Waals surface area contributed by atoms with E-state index in [1.54, 1.807) is 0 Å². The molecule has 2 aliphatic rings. The summed E-state index contributed by atoms with van der Waals surface area (Å²) in [6.07, 6.45) is 0. The van der Waals surface area contributed by atoms with Crippen LogP contribution >= 0.6 is 0 Å². The first-order valence-corrected chi connectivity index (χ1v) is 11.8. The maximum Gasteiger partial charge on any atom is 0.227 e. The molecule has 4 rings (SSSR count). The number of benzene rings is 1. The molecule has 31 heavy (non-hydrogen) atoms. The number of hydrogen-bond donors (Lipinski definition) is 0. The SMILES string of the molecule is Cc1cc(N2CCN(S(=O)(=O)Cc3cc(F)cc(F)c3)CC2)nc(N2CCOCC2)n1. The molecule has 0 spiro atoms. The second kappa shape index (κ2) is 9.01. The molecule has 11 heteroatoms. The maximum absolute atomic E-state index is 13.4. The Morgan fingerprint density at radius 3 is 2.19 bits per heavy atom. The van der Waals surface area contributed by atoms with Crippen molar-refractivity contribution in [3.05, 3.63) is 47.2 Å². The molecule has 2 aliphatic heterocycles. The Morgan fingerprint density at radius 2 is 1.55 bits per heavy atom. The molecule has 0 amide bonds. The van der Waals surface area contributed by atoms with E-state index >= 15 is 0 Å². The fourth-order valence-electron chi connectivity index (χ4n) is 3.79. The van der Waals surface area contributed by atoms with Crippen LogP contribution in [0.5, 0.6) is 0 Å². The quantitative estimate of drug-likeness (QED) is 0.680. The van der Waals surface area contributed by atoms with E-state index < -0.39 is 27.4 Å². The molecule has 0 unspecified atom stereocenters. The zero-order valence-electron chi connectivity index (χ0n) is 17.3. The van der Waals surface area contributed by atoms with Crippen LogP contribution in [0.3, 0.4) is 0 Å². The van der Waals surface area contributed by atoms with Crippen LogP contribution < -0.4 is 9.80 Å². The highest BCUT2D eigenvalue weighted by molar-refractivity contribution is 7.88. The topological polar surface area (TPSA) is 78.9 Å². The number of rotatable bonds is 5. The number of morpholine rings is 1. The van der Waals surface area contributed by atoms with Crippen LogP contribution in [0.4, 0.5) is 20.5 Å². The van der Waals surface area contributed by atoms with Crippen molar-refractivity contribution in [2.75, 3.05) is 62.3 Å². The van der Waals surface area contributed by atoms with Gasteiger partial charge in [0, 0.05) is 57.1 Å². The summed E-state index contributed by atoms with van der Waals surface area (Å²) in [6, 6.07) is 4.72. The van der Waals surface area contributed by atoms with E-state index in [2.05, 4.69) is 14.9 Å². The maximum atomic E-state index is 13.4. The van der Waals surface area contributed by atoms with Crippen LogP contribution in [0.1, 0.15) is 11.3 Å². The normalized spacial score (nSPS) is 18.4. The Hall–Kier alpha value is -2.37.